The molecule has 0 saturated carbocycles. The van der Waals surface area contributed by atoms with E-state index in [1.54, 1.807) is 12.1 Å². The van der Waals surface area contributed by atoms with E-state index in [1.165, 1.54) is 12.3 Å². The lowest BCUT2D eigenvalue weighted by atomic mass is 10.5. The summed E-state index contributed by atoms with van der Waals surface area (Å²) >= 11 is 4.20. The second-order valence-corrected chi connectivity index (χ2v) is 5.43. The van der Waals surface area contributed by atoms with E-state index in [4.69, 9.17) is 5.84 Å². The Bertz CT molecular complexity index is 605. The van der Waals surface area contributed by atoms with Crippen LogP contribution in [-0.2, 0) is 6.18 Å². The molecule has 0 unspecified atom stereocenters. The largest absolute Gasteiger partial charge is 0.451 e. The zero-order valence-corrected chi connectivity index (χ0v) is 12.1. The predicted molar refractivity (Wildman–Crippen MR) is 70.9 cm³/mol. The lowest BCUT2D eigenvalue weighted by molar-refractivity contribution is -0.145. The van der Waals surface area contributed by atoms with Crippen LogP contribution in [0.5, 0.6) is 0 Å². The van der Waals surface area contributed by atoms with Crippen molar-refractivity contribution in [1.29, 1.82) is 0 Å². The Morgan fingerprint density at radius 2 is 1.95 bits per heavy atom. The van der Waals surface area contributed by atoms with E-state index in [2.05, 4.69) is 36.3 Å². The Morgan fingerprint density at radius 3 is 2.50 bits per heavy atom. The van der Waals surface area contributed by atoms with Crippen LogP contribution in [0.1, 0.15) is 5.82 Å². The van der Waals surface area contributed by atoms with Gasteiger partial charge in [-0.1, -0.05) is 0 Å². The van der Waals surface area contributed by atoms with Crippen LogP contribution < -0.4 is 11.3 Å². The molecule has 0 atom stereocenters. The standard InChI is InChI=1S/C10H7BrF3N5S/c11-5-1-2-7(16-4-5)20-8-3-6(19-15)17-9(18-8)10(12,13)14/h1-4H,15H2,(H,17,18,19). The Morgan fingerprint density at radius 1 is 1.20 bits per heavy atom. The molecule has 0 saturated heterocycles. The van der Waals surface area contributed by atoms with Crippen LogP contribution in [0.4, 0.5) is 19.0 Å². The highest BCUT2D eigenvalue weighted by Gasteiger charge is 2.35. The highest BCUT2D eigenvalue weighted by molar-refractivity contribution is 9.10. The number of anilines is 1. The normalized spacial score (nSPS) is 11.4. The first kappa shape index (κ1) is 15.0. The molecule has 0 spiro atoms. The van der Waals surface area contributed by atoms with Crippen LogP contribution in [0, 0.1) is 0 Å². The van der Waals surface area contributed by atoms with Crippen molar-refractivity contribution in [1.82, 2.24) is 15.0 Å². The summed E-state index contributed by atoms with van der Waals surface area (Å²) in [6, 6.07) is 4.69. The number of nitrogens with zero attached hydrogens (tertiary/aromatic N) is 3. The molecule has 0 aliphatic heterocycles. The number of hydrogen-bond acceptors (Lipinski definition) is 6. The molecule has 20 heavy (non-hydrogen) atoms. The molecule has 0 aliphatic rings. The first-order chi connectivity index (χ1) is 9.38. The van der Waals surface area contributed by atoms with Crippen molar-refractivity contribution in [3.63, 3.8) is 0 Å². The van der Waals surface area contributed by atoms with Gasteiger partial charge in [0.05, 0.1) is 0 Å². The molecule has 0 aliphatic carbocycles. The molecule has 2 heterocycles. The van der Waals surface area contributed by atoms with Gasteiger partial charge in [-0.05, 0) is 39.8 Å². The van der Waals surface area contributed by atoms with Crippen LogP contribution in [0.25, 0.3) is 0 Å². The van der Waals surface area contributed by atoms with Crippen LogP contribution in [0.2, 0.25) is 0 Å². The summed E-state index contributed by atoms with van der Waals surface area (Å²) in [4.78, 5) is 10.8. The Kier molecular flexibility index (Phi) is 4.45. The van der Waals surface area contributed by atoms with Crippen LogP contribution in [0.3, 0.4) is 0 Å². The molecule has 5 nitrogen and oxygen atoms in total. The number of aromatic nitrogens is 3. The van der Waals surface area contributed by atoms with Gasteiger partial charge in [0, 0.05) is 16.7 Å². The van der Waals surface area contributed by atoms with Gasteiger partial charge in [0.1, 0.15) is 15.9 Å². The smallest absolute Gasteiger partial charge is 0.308 e. The zero-order chi connectivity index (χ0) is 14.8. The maximum Gasteiger partial charge on any atom is 0.451 e. The number of pyridine rings is 1. The Labute approximate surface area is 124 Å². The number of hydrogen-bond donors (Lipinski definition) is 2. The zero-order valence-electron chi connectivity index (χ0n) is 9.65. The lowest BCUT2D eigenvalue weighted by Gasteiger charge is -2.09. The molecule has 0 bridgehead atoms. The SMILES string of the molecule is NNc1cc(Sc2ccc(Br)cn2)nc(C(F)(F)F)n1. The van der Waals surface area contributed by atoms with Gasteiger partial charge in [-0.15, -0.1) is 0 Å². The minimum absolute atomic E-state index is 0.0927. The number of alkyl halides is 3. The van der Waals surface area contributed by atoms with Crippen molar-refractivity contribution < 1.29 is 13.2 Å². The van der Waals surface area contributed by atoms with E-state index in [1.807, 2.05) is 0 Å². The number of nitrogen functional groups attached to an aromatic ring is 1. The van der Waals surface area contributed by atoms with Crippen molar-refractivity contribution in [3.05, 3.63) is 34.7 Å². The van der Waals surface area contributed by atoms with E-state index in [0.29, 0.717) is 5.03 Å². The van der Waals surface area contributed by atoms with Gasteiger partial charge in [-0.2, -0.15) is 13.2 Å². The van der Waals surface area contributed by atoms with E-state index in [9.17, 15) is 13.2 Å². The summed E-state index contributed by atoms with van der Waals surface area (Å²) in [5.41, 5.74) is 2.08. The third-order valence-electron chi connectivity index (χ3n) is 2.01. The van der Waals surface area contributed by atoms with Gasteiger partial charge in [-0.3, -0.25) is 0 Å². The molecular formula is C10H7BrF3N5S. The number of rotatable bonds is 3. The first-order valence-electron chi connectivity index (χ1n) is 5.11. The van der Waals surface area contributed by atoms with Gasteiger partial charge in [0.25, 0.3) is 0 Å². The van der Waals surface area contributed by atoms with Gasteiger partial charge < -0.3 is 5.43 Å². The van der Waals surface area contributed by atoms with Gasteiger partial charge in [0.2, 0.25) is 5.82 Å². The van der Waals surface area contributed by atoms with Crippen molar-refractivity contribution in [2.75, 3.05) is 5.43 Å². The van der Waals surface area contributed by atoms with Crippen molar-refractivity contribution in [3.8, 4) is 0 Å². The molecule has 0 aromatic carbocycles. The molecule has 106 valence electrons. The number of nitrogens with one attached hydrogen (secondary N) is 1. The van der Waals surface area contributed by atoms with Crippen LogP contribution >= 0.6 is 27.7 Å². The summed E-state index contributed by atoms with van der Waals surface area (Å²) in [6.07, 6.45) is -3.11. The van der Waals surface area contributed by atoms with Crippen molar-refractivity contribution in [2.45, 2.75) is 16.2 Å². The average Bonchev–Trinajstić information content (AvgIpc) is 2.40. The van der Waals surface area contributed by atoms with E-state index in [0.717, 1.165) is 16.2 Å². The third kappa shape index (κ3) is 3.81. The topological polar surface area (TPSA) is 76.7 Å². The minimum Gasteiger partial charge on any atom is -0.308 e. The van der Waals surface area contributed by atoms with Crippen LogP contribution in [0.15, 0.2) is 38.9 Å². The second-order valence-electron chi connectivity index (χ2n) is 3.47. The van der Waals surface area contributed by atoms with E-state index < -0.39 is 12.0 Å². The lowest BCUT2D eigenvalue weighted by Crippen LogP contribution is -2.16. The van der Waals surface area contributed by atoms with Crippen LogP contribution in [-0.4, -0.2) is 15.0 Å². The molecule has 2 rings (SSSR count). The quantitative estimate of drug-likeness (QED) is 0.494. The first-order valence-corrected chi connectivity index (χ1v) is 6.72. The number of hydrazine groups is 1. The predicted octanol–water partition coefficient (Wildman–Crippen LogP) is 3.09. The van der Waals surface area contributed by atoms with Gasteiger partial charge in [0.15, 0.2) is 0 Å². The molecule has 0 amide bonds. The third-order valence-corrected chi connectivity index (χ3v) is 3.35. The summed E-state index contributed by atoms with van der Waals surface area (Å²) < 4.78 is 38.7. The highest BCUT2D eigenvalue weighted by Crippen LogP contribution is 2.31. The molecule has 10 heteroatoms. The molecule has 3 N–H and O–H groups in total. The summed E-state index contributed by atoms with van der Waals surface area (Å²) in [7, 11) is 0. The maximum absolute atomic E-state index is 12.7. The van der Waals surface area contributed by atoms with E-state index in [-0.39, 0.29) is 10.8 Å². The van der Waals surface area contributed by atoms with Crippen molar-refractivity contribution in [2.24, 2.45) is 5.84 Å². The fraction of sp³-hybridized carbons (Fsp3) is 0.100. The molecule has 2 aromatic heterocycles. The fourth-order valence-electron chi connectivity index (χ4n) is 1.21. The molecule has 0 fully saturated rings. The molecule has 2 aromatic rings. The fourth-order valence-corrected chi connectivity index (χ4v) is 2.20. The molecule has 0 radical (unpaired) electrons. The number of nitrogens with two attached hydrogens (primary N) is 1. The summed E-state index contributed by atoms with van der Waals surface area (Å²) in [5, 5.41) is 0.595. The monoisotopic (exact) mass is 365 g/mol. The summed E-state index contributed by atoms with van der Waals surface area (Å²) in [5.74, 6) is 3.73. The maximum atomic E-state index is 12.7. The van der Waals surface area contributed by atoms with Crippen molar-refractivity contribution >= 4 is 33.5 Å². The number of halogens is 4. The highest BCUT2D eigenvalue weighted by atomic mass is 79.9. The Balaban J connectivity index is 2.33. The average molecular weight is 366 g/mol. The van der Waals surface area contributed by atoms with Gasteiger partial charge >= 0.3 is 6.18 Å². The van der Waals surface area contributed by atoms with E-state index >= 15 is 0 Å². The second kappa shape index (κ2) is 5.94. The minimum atomic E-state index is -4.64. The Hall–Kier alpha value is -1.39. The summed E-state index contributed by atoms with van der Waals surface area (Å²) in [6.45, 7) is 0. The van der Waals surface area contributed by atoms with Gasteiger partial charge in [-0.25, -0.2) is 20.8 Å². The molecular weight excluding hydrogens is 359 g/mol.